The molecule has 0 unspecified atom stereocenters. The molecule has 1 aromatic carbocycles. The van der Waals surface area contributed by atoms with Gasteiger partial charge in [0.05, 0.1) is 30.5 Å². The maximum Gasteiger partial charge on any atom is 0.411 e. The molecule has 31 heavy (non-hydrogen) atoms. The van der Waals surface area contributed by atoms with Crippen molar-refractivity contribution in [1.29, 1.82) is 0 Å². The summed E-state index contributed by atoms with van der Waals surface area (Å²) < 4.78 is 30.5. The molecule has 0 bridgehead atoms. The summed E-state index contributed by atoms with van der Waals surface area (Å²) in [7, 11) is -1.87. The Kier molecular flexibility index (Phi) is 5.50. The van der Waals surface area contributed by atoms with Crippen LogP contribution in [0.3, 0.4) is 0 Å². The van der Waals surface area contributed by atoms with Gasteiger partial charge in [-0.25, -0.2) is 22.9 Å². The first kappa shape index (κ1) is 21.0. The molecule has 11 nitrogen and oxygen atoms in total. The molecule has 0 radical (unpaired) electrons. The number of carbonyl (C=O) groups is 1. The second-order valence-corrected chi connectivity index (χ2v) is 9.41. The summed E-state index contributed by atoms with van der Waals surface area (Å²) in [6.07, 6.45) is 1.63. The zero-order chi connectivity index (χ0) is 22.2. The Morgan fingerprint density at radius 2 is 1.87 bits per heavy atom. The number of anilines is 2. The van der Waals surface area contributed by atoms with Crippen LogP contribution in [0.15, 0.2) is 30.5 Å². The molecule has 1 aliphatic rings. The molecule has 0 saturated carbocycles. The zero-order valence-corrected chi connectivity index (χ0v) is 17.9. The van der Waals surface area contributed by atoms with Crippen LogP contribution in [0.4, 0.5) is 16.4 Å². The van der Waals surface area contributed by atoms with Crippen LogP contribution in [-0.2, 0) is 20.5 Å². The van der Waals surface area contributed by atoms with Crippen molar-refractivity contribution >= 4 is 38.6 Å². The van der Waals surface area contributed by atoms with Gasteiger partial charge in [-0.15, -0.1) is 0 Å². The van der Waals surface area contributed by atoms with Gasteiger partial charge in [-0.05, 0) is 12.1 Å². The highest BCUT2D eigenvalue weighted by Crippen LogP contribution is 2.30. The fourth-order valence-electron chi connectivity index (χ4n) is 3.34. The summed E-state index contributed by atoms with van der Waals surface area (Å²) >= 11 is 0. The van der Waals surface area contributed by atoms with Crippen molar-refractivity contribution in [3.8, 4) is 11.3 Å². The van der Waals surface area contributed by atoms with Crippen molar-refractivity contribution < 1.29 is 23.1 Å². The Morgan fingerprint density at radius 3 is 2.48 bits per heavy atom. The SMILES string of the molecule is CN(C(=O)O)c1ccc(-c2nc(N3CCOCC3)nc3c2cnn3CS(C)(=O)=O)cc1. The van der Waals surface area contributed by atoms with Gasteiger partial charge in [0.15, 0.2) is 15.5 Å². The average molecular weight is 446 g/mol. The normalized spacial score (nSPS) is 14.7. The lowest BCUT2D eigenvalue weighted by Crippen LogP contribution is -2.37. The van der Waals surface area contributed by atoms with Crippen LogP contribution in [0.1, 0.15) is 0 Å². The van der Waals surface area contributed by atoms with E-state index < -0.39 is 15.9 Å². The number of fused-ring (bicyclic) bond motifs is 1. The van der Waals surface area contributed by atoms with Gasteiger partial charge in [-0.1, -0.05) is 12.1 Å². The number of benzene rings is 1. The number of amides is 1. The summed E-state index contributed by atoms with van der Waals surface area (Å²) in [5.74, 6) is 0.172. The second kappa shape index (κ2) is 8.12. The zero-order valence-electron chi connectivity index (χ0n) is 17.1. The monoisotopic (exact) mass is 446 g/mol. The number of hydrogen-bond acceptors (Lipinski definition) is 8. The molecule has 1 aliphatic heterocycles. The lowest BCUT2D eigenvalue weighted by molar-refractivity contribution is 0.122. The molecule has 1 N–H and O–H groups in total. The van der Waals surface area contributed by atoms with Crippen LogP contribution in [0.25, 0.3) is 22.3 Å². The summed E-state index contributed by atoms with van der Waals surface area (Å²) in [4.78, 5) is 23.6. The highest BCUT2D eigenvalue weighted by molar-refractivity contribution is 7.89. The number of nitrogens with zero attached hydrogens (tertiary/aromatic N) is 6. The smallest absolute Gasteiger partial charge is 0.411 e. The topological polar surface area (TPSA) is 131 Å². The Balaban J connectivity index is 1.83. The molecular weight excluding hydrogens is 424 g/mol. The number of carboxylic acid groups (broad SMARTS) is 1. The predicted molar refractivity (Wildman–Crippen MR) is 115 cm³/mol. The molecule has 4 rings (SSSR count). The van der Waals surface area contributed by atoms with Crippen LogP contribution in [0, 0.1) is 0 Å². The van der Waals surface area contributed by atoms with E-state index >= 15 is 0 Å². The van der Waals surface area contributed by atoms with Crippen LogP contribution in [-0.4, -0.2) is 79.0 Å². The van der Waals surface area contributed by atoms with Crippen molar-refractivity contribution in [3.63, 3.8) is 0 Å². The molecule has 12 heteroatoms. The van der Waals surface area contributed by atoms with E-state index in [1.807, 2.05) is 4.90 Å². The molecule has 164 valence electrons. The number of sulfone groups is 1. The third-order valence-corrected chi connectivity index (χ3v) is 5.66. The van der Waals surface area contributed by atoms with E-state index in [4.69, 9.17) is 14.8 Å². The number of rotatable bonds is 5. The van der Waals surface area contributed by atoms with Gasteiger partial charge >= 0.3 is 6.09 Å². The first-order valence-electron chi connectivity index (χ1n) is 9.54. The van der Waals surface area contributed by atoms with Crippen molar-refractivity contribution in [2.45, 2.75) is 5.88 Å². The molecule has 1 amide bonds. The first-order chi connectivity index (χ1) is 14.7. The van der Waals surface area contributed by atoms with Crippen molar-refractivity contribution in [1.82, 2.24) is 19.7 Å². The molecule has 0 spiro atoms. The minimum absolute atomic E-state index is 0.294. The minimum atomic E-state index is -3.33. The van der Waals surface area contributed by atoms with Crippen LogP contribution in [0.5, 0.6) is 0 Å². The summed E-state index contributed by atoms with van der Waals surface area (Å²) in [6.45, 7) is 2.34. The van der Waals surface area contributed by atoms with Crippen molar-refractivity contribution in [2.24, 2.45) is 0 Å². The van der Waals surface area contributed by atoms with Crippen molar-refractivity contribution in [2.75, 3.05) is 49.4 Å². The quantitative estimate of drug-likeness (QED) is 0.618. The van der Waals surface area contributed by atoms with Gasteiger partial charge in [-0.2, -0.15) is 10.1 Å². The maximum atomic E-state index is 11.9. The lowest BCUT2D eigenvalue weighted by atomic mass is 10.1. The van der Waals surface area contributed by atoms with Crippen LogP contribution < -0.4 is 9.80 Å². The Morgan fingerprint density at radius 1 is 1.19 bits per heavy atom. The summed E-state index contributed by atoms with van der Waals surface area (Å²) in [6, 6.07) is 6.92. The average Bonchev–Trinajstić information content (AvgIpc) is 3.14. The maximum absolute atomic E-state index is 11.9. The fraction of sp³-hybridized carbons (Fsp3) is 0.368. The van der Waals surface area contributed by atoms with Gasteiger partial charge in [0.2, 0.25) is 5.95 Å². The third kappa shape index (κ3) is 4.44. The highest BCUT2D eigenvalue weighted by Gasteiger charge is 2.21. The van der Waals surface area contributed by atoms with Gasteiger partial charge in [0.25, 0.3) is 0 Å². The Hall–Kier alpha value is -3.25. The van der Waals surface area contributed by atoms with Crippen LogP contribution >= 0.6 is 0 Å². The molecule has 1 fully saturated rings. The van der Waals surface area contributed by atoms with E-state index in [0.29, 0.717) is 54.7 Å². The first-order valence-corrected chi connectivity index (χ1v) is 11.6. The van der Waals surface area contributed by atoms with Crippen LogP contribution in [0.2, 0.25) is 0 Å². The fourth-order valence-corrected chi connectivity index (χ4v) is 3.97. The molecular formula is C19H22N6O5S. The van der Waals surface area contributed by atoms with E-state index in [1.165, 1.54) is 11.7 Å². The lowest BCUT2D eigenvalue weighted by Gasteiger charge is -2.27. The highest BCUT2D eigenvalue weighted by atomic mass is 32.2. The number of aromatic nitrogens is 4. The van der Waals surface area contributed by atoms with Gasteiger partial charge in [0, 0.05) is 37.6 Å². The standard InChI is InChI=1S/C19H22N6O5S/c1-23(19(26)27)14-5-3-13(4-6-14)16-15-11-20-25(12-31(2,28)29)17(15)22-18(21-16)24-7-9-30-10-8-24/h3-6,11H,7-10,12H2,1-2H3,(H,26,27). The molecule has 2 aromatic heterocycles. The van der Waals surface area contributed by atoms with E-state index in [1.54, 1.807) is 30.5 Å². The number of hydrogen-bond donors (Lipinski definition) is 1. The van der Waals surface area contributed by atoms with E-state index in [-0.39, 0.29) is 5.88 Å². The van der Waals surface area contributed by atoms with E-state index in [2.05, 4.69) is 10.1 Å². The molecule has 3 aromatic rings. The molecule has 0 aliphatic carbocycles. The van der Waals surface area contributed by atoms with Gasteiger partial charge < -0.3 is 14.7 Å². The predicted octanol–water partition coefficient (Wildman–Crippen LogP) is 1.45. The number of morpholine rings is 1. The van der Waals surface area contributed by atoms with E-state index in [0.717, 1.165) is 16.7 Å². The Bertz CT molecular complexity index is 1220. The van der Waals surface area contributed by atoms with Gasteiger partial charge in [-0.3, -0.25) is 4.90 Å². The molecule has 1 saturated heterocycles. The van der Waals surface area contributed by atoms with Gasteiger partial charge in [0.1, 0.15) is 5.88 Å². The summed E-state index contributed by atoms with van der Waals surface area (Å²) in [5.41, 5.74) is 2.27. The van der Waals surface area contributed by atoms with Crippen molar-refractivity contribution in [3.05, 3.63) is 30.5 Å². The third-order valence-electron chi connectivity index (χ3n) is 4.95. The molecule has 0 atom stereocenters. The largest absolute Gasteiger partial charge is 0.465 e. The number of ether oxygens (including phenoxy) is 1. The molecule has 3 heterocycles. The van der Waals surface area contributed by atoms with E-state index in [9.17, 15) is 13.2 Å². The minimum Gasteiger partial charge on any atom is -0.465 e. The summed E-state index contributed by atoms with van der Waals surface area (Å²) in [5, 5.41) is 14.0. The second-order valence-electron chi connectivity index (χ2n) is 7.30. The Labute approximate surface area is 178 Å².